The summed E-state index contributed by atoms with van der Waals surface area (Å²) in [5, 5.41) is 2.86. The summed E-state index contributed by atoms with van der Waals surface area (Å²) >= 11 is 0. The fourth-order valence-electron chi connectivity index (χ4n) is 2.33. The molecule has 0 unspecified atom stereocenters. The van der Waals surface area contributed by atoms with E-state index in [2.05, 4.69) is 17.2 Å². The highest BCUT2D eigenvalue weighted by Crippen LogP contribution is 2.24. The minimum Gasteiger partial charge on any atom is -0.441 e. The largest absolute Gasteiger partial charge is 0.441 e. The van der Waals surface area contributed by atoms with Gasteiger partial charge in [-0.05, 0) is 18.6 Å². The lowest BCUT2D eigenvalue weighted by atomic mass is 10.2. The summed E-state index contributed by atoms with van der Waals surface area (Å²) in [5.41, 5.74) is 0.149. The summed E-state index contributed by atoms with van der Waals surface area (Å²) in [6.07, 6.45) is 6.41. The highest BCUT2D eigenvalue weighted by atomic mass is 19.1. The van der Waals surface area contributed by atoms with Crippen LogP contribution < -0.4 is 5.32 Å². The van der Waals surface area contributed by atoms with Gasteiger partial charge in [0.25, 0.3) is 0 Å². The van der Waals surface area contributed by atoms with E-state index in [9.17, 15) is 13.6 Å². The molecule has 0 saturated carbocycles. The quantitative estimate of drug-likeness (QED) is 0.697. The zero-order chi connectivity index (χ0) is 17.4. The number of halogens is 2. The Bertz CT molecular complexity index is 671. The van der Waals surface area contributed by atoms with Crippen LogP contribution in [0.1, 0.15) is 44.9 Å². The fraction of sp³-hybridized carbons (Fsp3) is 0.444. The Kier molecular flexibility index (Phi) is 6.90. The molecule has 0 fully saturated rings. The second-order valence-electron chi connectivity index (χ2n) is 5.65. The third-order valence-electron chi connectivity index (χ3n) is 3.67. The Morgan fingerprint density at radius 2 is 2.08 bits per heavy atom. The van der Waals surface area contributed by atoms with Gasteiger partial charge in [0.2, 0.25) is 5.91 Å². The van der Waals surface area contributed by atoms with Gasteiger partial charge in [-0.1, -0.05) is 26.2 Å². The van der Waals surface area contributed by atoms with E-state index in [-0.39, 0.29) is 23.7 Å². The Morgan fingerprint density at radius 3 is 2.83 bits per heavy atom. The van der Waals surface area contributed by atoms with Crippen LogP contribution >= 0.6 is 0 Å². The average molecular weight is 336 g/mol. The average Bonchev–Trinajstić information content (AvgIpc) is 3.01. The van der Waals surface area contributed by atoms with Crippen molar-refractivity contribution in [2.24, 2.45) is 0 Å². The molecule has 1 aromatic carbocycles. The van der Waals surface area contributed by atoms with Crippen LogP contribution in [0.5, 0.6) is 0 Å². The third-order valence-corrected chi connectivity index (χ3v) is 3.67. The van der Waals surface area contributed by atoms with Crippen molar-refractivity contribution in [2.75, 3.05) is 6.54 Å². The van der Waals surface area contributed by atoms with E-state index in [4.69, 9.17) is 4.42 Å². The Labute approximate surface area is 140 Å². The molecule has 130 valence electrons. The highest BCUT2D eigenvalue weighted by molar-refractivity contribution is 5.76. The molecule has 0 saturated heterocycles. The predicted octanol–water partition coefficient (Wildman–Crippen LogP) is 4.25. The molecule has 0 bridgehead atoms. The van der Waals surface area contributed by atoms with Gasteiger partial charge in [-0.15, -0.1) is 0 Å². The molecule has 6 heteroatoms. The monoisotopic (exact) mass is 336 g/mol. The van der Waals surface area contributed by atoms with Crippen LogP contribution in [0.4, 0.5) is 8.78 Å². The Morgan fingerprint density at radius 1 is 1.25 bits per heavy atom. The number of nitrogens with one attached hydrogen (secondary N) is 1. The summed E-state index contributed by atoms with van der Waals surface area (Å²) in [5.74, 6) is -0.828. The first-order valence-electron chi connectivity index (χ1n) is 8.27. The molecule has 4 nitrogen and oxygen atoms in total. The van der Waals surface area contributed by atoms with Crippen molar-refractivity contribution in [1.29, 1.82) is 0 Å². The Hall–Kier alpha value is -2.24. The third kappa shape index (κ3) is 5.44. The minimum absolute atomic E-state index is 0.0563. The lowest BCUT2D eigenvalue weighted by molar-refractivity contribution is -0.121. The molecule has 1 amide bonds. The summed E-state index contributed by atoms with van der Waals surface area (Å²) in [6, 6.07) is 3.26. The number of unbranched alkanes of at least 4 members (excludes halogenated alkanes) is 3. The van der Waals surface area contributed by atoms with Crippen molar-refractivity contribution in [3.8, 4) is 11.3 Å². The fourth-order valence-corrected chi connectivity index (χ4v) is 2.33. The van der Waals surface area contributed by atoms with Gasteiger partial charge in [-0.3, -0.25) is 4.79 Å². The first kappa shape index (κ1) is 18.1. The maximum Gasteiger partial charge on any atom is 0.220 e. The van der Waals surface area contributed by atoms with Crippen LogP contribution in [0.15, 0.2) is 28.8 Å². The standard InChI is InChI=1S/C18H22F2N2O2/c1-2-3-4-5-10-21-17(23)8-9-18-22-12-16(24-18)14-7-6-13(19)11-15(14)20/h6-7,11-12H,2-5,8-10H2,1H3,(H,21,23). The number of aryl methyl sites for hydroxylation is 1. The lowest BCUT2D eigenvalue weighted by Crippen LogP contribution is -2.24. The molecule has 0 aliphatic carbocycles. The minimum atomic E-state index is -0.706. The topological polar surface area (TPSA) is 55.1 Å². The van der Waals surface area contributed by atoms with Crippen LogP contribution in [0.25, 0.3) is 11.3 Å². The molecule has 1 N–H and O–H groups in total. The predicted molar refractivity (Wildman–Crippen MR) is 87.3 cm³/mol. The number of oxazole rings is 1. The second-order valence-corrected chi connectivity index (χ2v) is 5.65. The van der Waals surface area contributed by atoms with Crippen LogP contribution in [0.3, 0.4) is 0 Å². The molecule has 0 radical (unpaired) electrons. The first-order chi connectivity index (χ1) is 11.6. The summed E-state index contributed by atoms with van der Waals surface area (Å²) in [7, 11) is 0. The zero-order valence-corrected chi connectivity index (χ0v) is 13.8. The molecule has 24 heavy (non-hydrogen) atoms. The number of benzene rings is 1. The van der Waals surface area contributed by atoms with Gasteiger partial charge in [0, 0.05) is 25.5 Å². The molecule has 0 atom stereocenters. The molecular formula is C18H22F2N2O2. The number of hydrogen-bond donors (Lipinski definition) is 1. The molecule has 1 aromatic heterocycles. The first-order valence-corrected chi connectivity index (χ1v) is 8.27. The van der Waals surface area contributed by atoms with Crippen LogP contribution in [-0.2, 0) is 11.2 Å². The summed E-state index contributed by atoms with van der Waals surface area (Å²) < 4.78 is 32.1. The number of nitrogens with zero attached hydrogens (tertiary/aromatic N) is 1. The molecule has 2 aromatic rings. The number of aromatic nitrogens is 1. The number of carbonyl (C=O) groups excluding carboxylic acids is 1. The van der Waals surface area contributed by atoms with Crippen molar-refractivity contribution in [1.82, 2.24) is 10.3 Å². The van der Waals surface area contributed by atoms with Crippen LogP contribution in [0, 0.1) is 11.6 Å². The van der Waals surface area contributed by atoms with Crippen molar-refractivity contribution < 1.29 is 18.0 Å². The van der Waals surface area contributed by atoms with E-state index >= 15 is 0 Å². The Balaban J connectivity index is 1.80. The van der Waals surface area contributed by atoms with E-state index < -0.39 is 11.6 Å². The van der Waals surface area contributed by atoms with E-state index in [0.717, 1.165) is 31.4 Å². The van der Waals surface area contributed by atoms with Crippen molar-refractivity contribution >= 4 is 5.91 Å². The smallest absolute Gasteiger partial charge is 0.220 e. The second kappa shape index (κ2) is 9.15. The van der Waals surface area contributed by atoms with Gasteiger partial charge in [0.05, 0.1) is 11.8 Å². The van der Waals surface area contributed by atoms with Gasteiger partial charge < -0.3 is 9.73 Å². The maximum absolute atomic E-state index is 13.7. The van der Waals surface area contributed by atoms with Gasteiger partial charge in [-0.25, -0.2) is 13.8 Å². The number of rotatable bonds is 9. The van der Waals surface area contributed by atoms with E-state index in [1.807, 2.05) is 0 Å². The molecule has 0 aliphatic heterocycles. The SMILES string of the molecule is CCCCCCNC(=O)CCc1ncc(-c2ccc(F)cc2F)o1. The van der Waals surface area contributed by atoms with Crippen molar-refractivity contribution in [3.63, 3.8) is 0 Å². The zero-order valence-electron chi connectivity index (χ0n) is 13.8. The van der Waals surface area contributed by atoms with Crippen molar-refractivity contribution in [2.45, 2.75) is 45.4 Å². The highest BCUT2D eigenvalue weighted by Gasteiger charge is 2.12. The van der Waals surface area contributed by atoms with E-state index in [1.54, 1.807) is 0 Å². The van der Waals surface area contributed by atoms with Crippen LogP contribution in [-0.4, -0.2) is 17.4 Å². The molecule has 0 aliphatic rings. The molecule has 0 spiro atoms. The van der Waals surface area contributed by atoms with Crippen LogP contribution in [0.2, 0.25) is 0 Å². The van der Waals surface area contributed by atoms with Gasteiger partial charge in [0.1, 0.15) is 11.6 Å². The van der Waals surface area contributed by atoms with Gasteiger partial charge >= 0.3 is 0 Å². The van der Waals surface area contributed by atoms with Gasteiger partial charge in [0.15, 0.2) is 11.7 Å². The molecular weight excluding hydrogens is 314 g/mol. The van der Waals surface area contributed by atoms with E-state index in [0.29, 0.717) is 18.9 Å². The van der Waals surface area contributed by atoms with E-state index in [1.165, 1.54) is 18.7 Å². The number of hydrogen-bond acceptors (Lipinski definition) is 3. The van der Waals surface area contributed by atoms with Gasteiger partial charge in [-0.2, -0.15) is 0 Å². The summed E-state index contributed by atoms with van der Waals surface area (Å²) in [4.78, 5) is 15.8. The van der Waals surface area contributed by atoms with Crippen molar-refractivity contribution in [3.05, 3.63) is 41.9 Å². The lowest BCUT2D eigenvalue weighted by Gasteiger charge is -2.03. The number of carbonyl (C=O) groups is 1. The molecule has 2 rings (SSSR count). The summed E-state index contributed by atoms with van der Waals surface area (Å²) in [6.45, 7) is 2.82. The number of amides is 1. The normalized spacial score (nSPS) is 10.8. The maximum atomic E-state index is 13.7. The molecule has 1 heterocycles.